The number of rotatable bonds is 4. The Kier molecular flexibility index (Phi) is 5.10. The van der Waals surface area contributed by atoms with Gasteiger partial charge in [-0.3, -0.25) is 0 Å². The van der Waals surface area contributed by atoms with Gasteiger partial charge in [0.1, 0.15) is 0 Å². The number of thioether (sulfide) groups is 1. The highest BCUT2D eigenvalue weighted by molar-refractivity contribution is 7.99. The van der Waals surface area contributed by atoms with E-state index in [0.717, 1.165) is 20.7 Å². The van der Waals surface area contributed by atoms with Crippen LogP contribution in [0.4, 0.5) is 0 Å². The summed E-state index contributed by atoms with van der Waals surface area (Å²) in [4.78, 5) is 1.04. The summed E-state index contributed by atoms with van der Waals surface area (Å²) in [5.41, 5.74) is 0. The first-order valence-electron chi connectivity index (χ1n) is 4.38. The molecule has 0 bridgehead atoms. The van der Waals surface area contributed by atoms with Crippen LogP contribution in [-0.4, -0.2) is 18.8 Å². The lowest BCUT2D eigenvalue weighted by atomic mass is 10.4. The first kappa shape index (κ1) is 12.2. The minimum absolute atomic E-state index is 0.468. The van der Waals surface area contributed by atoms with Gasteiger partial charge in [-0.05, 0) is 32.2 Å². The number of hydrogen-bond acceptors (Lipinski definition) is 2. The van der Waals surface area contributed by atoms with Gasteiger partial charge in [-0.15, -0.1) is 11.8 Å². The van der Waals surface area contributed by atoms with E-state index in [9.17, 15) is 0 Å². The fourth-order valence-corrected chi connectivity index (χ4v) is 2.42. The predicted molar refractivity (Wildman–Crippen MR) is 65.7 cm³/mol. The Labute approximate surface area is 99.2 Å². The van der Waals surface area contributed by atoms with Gasteiger partial charge in [0.05, 0.1) is 5.02 Å². The summed E-state index contributed by atoms with van der Waals surface area (Å²) in [7, 11) is 1.95. The SMILES string of the molecule is CNC(C)CSc1cc(Cl)ccc1Cl. The Hall–Kier alpha value is 0.110. The van der Waals surface area contributed by atoms with Gasteiger partial charge in [-0.2, -0.15) is 0 Å². The number of halogens is 2. The van der Waals surface area contributed by atoms with Gasteiger partial charge in [-0.25, -0.2) is 0 Å². The van der Waals surface area contributed by atoms with E-state index in [2.05, 4.69) is 12.2 Å². The molecule has 1 rings (SSSR count). The Morgan fingerprint density at radius 2 is 2.14 bits per heavy atom. The van der Waals surface area contributed by atoms with Crippen molar-refractivity contribution in [1.29, 1.82) is 0 Å². The highest BCUT2D eigenvalue weighted by atomic mass is 35.5. The Bertz CT molecular complexity index is 304. The summed E-state index contributed by atoms with van der Waals surface area (Å²) in [5.74, 6) is 0.983. The molecule has 1 N–H and O–H groups in total. The van der Waals surface area contributed by atoms with Crippen LogP contribution in [0.5, 0.6) is 0 Å². The van der Waals surface area contributed by atoms with Crippen LogP contribution in [0.1, 0.15) is 6.92 Å². The van der Waals surface area contributed by atoms with Gasteiger partial charge in [0, 0.05) is 21.7 Å². The molecule has 1 nitrogen and oxygen atoms in total. The second kappa shape index (κ2) is 5.86. The molecule has 4 heteroatoms. The van der Waals surface area contributed by atoms with E-state index in [4.69, 9.17) is 23.2 Å². The van der Waals surface area contributed by atoms with Crippen molar-refractivity contribution in [2.75, 3.05) is 12.8 Å². The third kappa shape index (κ3) is 3.70. The number of hydrogen-bond donors (Lipinski definition) is 1. The summed E-state index contributed by atoms with van der Waals surface area (Å²) >= 11 is 13.6. The predicted octanol–water partition coefficient (Wildman–Crippen LogP) is 3.69. The van der Waals surface area contributed by atoms with E-state index in [1.807, 2.05) is 19.2 Å². The molecular weight excluding hydrogens is 237 g/mol. The van der Waals surface area contributed by atoms with Crippen LogP contribution in [0.25, 0.3) is 0 Å². The standard InChI is InChI=1S/C10H13Cl2NS/c1-7(13-2)6-14-10-5-8(11)3-4-9(10)12/h3-5,7,13H,6H2,1-2H3. The number of nitrogens with one attached hydrogen (secondary N) is 1. The second-order valence-electron chi connectivity index (χ2n) is 3.08. The molecule has 0 aliphatic carbocycles. The average Bonchev–Trinajstić information content (AvgIpc) is 2.19. The molecule has 78 valence electrons. The Morgan fingerprint density at radius 3 is 2.79 bits per heavy atom. The maximum absolute atomic E-state index is 6.02. The van der Waals surface area contributed by atoms with Gasteiger partial charge in [0.2, 0.25) is 0 Å². The zero-order valence-electron chi connectivity index (χ0n) is 8.18. The third-order valence-electron chi connectivity index (χ3n) is 1.87. The Morgan fingerprint density at radius 1 is 1.43 bits per heavy atom. The molecule has 0 fully saturated rings. The molecular formula is C10H13Cl2NS. The quantitative estimate of drug-likeness (QED) is 0.818. The molecule has 14 heavy (non-hydrogen) atoms. The maximum atomic E-state index is 6.02. The molecule has 0 saturated carbocycles. The largest absolute Gasteiger partial charge is 0.316 e. The summed E-state index contributed by atoms with van der Waals surface area (Å²) in [6, 6.07) is 6.00. The molecule has 0 aliphatic rings. The Balaban J connectivity index is 2.62. The van der Waals surface area contributed by atoms with E-state index in [-0.39, 0.29) is 0 Å². The zero-order valence-corrected chi connectivity index (χ0v) is 10.5. The summed E-state index contributed by atoms with van der Waals surface area (Å²) in [6.45, 7) is 2.13. The lowest BCUT2D eigenvalue weighted by Gasteiger charge is -2.10. The van der Waals surface area contributed by atoms with Gasteiger partial charge in [0.25, 0.3) is 0 Å². The minimum atomic E-state index is 0.468. The molecule has 0 aromatic heterocycles. The normalized spacial score (nSPS) is 12.9. The van der Waals surface area contributed by atoms with Crippen molar-refractivity contribution in [3.8, 4) is 0 Å². The van der Waals surface area contributed by atoms with E-state index in [1.54, 1.807) is 17.8 Å². The second-order valence-corrected chi connectivity index (χ2v) is 4.98. The molecule has 1 aromatic carbocycles. The van der Waals surface area contributed by atoms with Crippen LogP contribution in [0.2, 0.25) is 10.0 Å². The van der Waals surface area contributed by atoms with Crippen LogP contribution in [-0.2, 0) is 0 Å². The van der Waals surface area contributed by atoms with Gasteiger partial charge >= 0.3 is 0 Å². The van der Waals surface area contributed by atoms with Gasteiger partial charge in [-0.1, -0.05) is 23.2 Å². The molecule has 0 amide bonds. The number of benzene rings is 1. The highest BCUT2D eigenvalue weighted by Gasteiger charge is 2.04. The fraction of sp³-hybridized carbons (Fsp3) is 0.400. The van der Waals surface area contributed by atoms with Crippen LogP contribution in [0.3, 0.4) is 0 Å². The lowest BCUT2D eigenvalue weighted by molar-refractivity contribution is 0.677. The van der Waals surface area contributed by atoms with Gasteiger partial charge < -0.3 is 5.32 Å². The van der Waals surface area contributed by atoms with E-state index >= 15 is 0 Å². The van der Waals surface area contributed by atoms with Crippen molar-refractivity contribution >= 4 is 35.0 Å². The smallest absolute Gasteiger partial charge is 0.0542 e. The molecule has 0 aliphatic heterocycles. The summed E-state index contributed by atoms with van der Waals surface area (Å²) < 4.78 is 0. The highest BCUT2D eigenvalue weighted by Crippen LogP contribution is 2.30. The van der Waals surface area contributed by atoms with E-state index in [1.165, 1.54) is 0 Å². The topological polar surface area (TPSA) is 12.0 Å². The third-order valence-corrected chi connectivity index (χ3v) is 3.87. The van der Waals surface area contributed by atoms with Crippen LogP contribution in [0, 0.1) is 0 Å². The van der Waals surface area contributed by atoms with Crippen molar-refractivity contribution in [2.24, 2.45) is 0 Å². The monoisotopic (exact) mass is 249 g/mol. The molecule has 0 spiro atoms. The van der Waals surface area contributed by atoms with Crippen molar-refractivity contribution in [1.82, 2.24) is 5.32 Å². The molecule has 1 unspecified atom stereocenters. The first-order chi connectivity index (χ1) is 6.63. The van der Waals surface area contributed by atoms with Crippen molar-refractivity contribution in [3.63, 3.8) is 0 Å². The average molecular weight is 250 g/mol. The molecule has 1 atom stereocenters. The van der Waals surface area contributed by atoms with Crippen molar-refractivity contribution in [3.05, 3.63) is 28.2 Å². The van der Waals surface area contributed by atoms with Crippen LogP contribution >= 0.6 is 35.0 Å². The molecule has 0 heterocycles. The fourth-order valence-electron chi connectivity index (χ4n) is 0.886. The van der Waals surface area contributed by atoms with E-state index < -0.39 is 0 Å². The maximum Gasteiger partial charge on any atom is 0.0542 e. The zero-order chi connectivity index (χ0) is 10.6. The van der Waals surface area contributed by atoms with Gasteiger partial charge in [0.15, 0.2) is 0 Å². The van der Waals surface area contributed by atoms with E-state index in [0.29, 0.717) is 6.04 Å². The molecule has 0 saturated heterocycles. The first-order valence-corrected chi connectivity index (χ1v) is 6.12. The summed E-state index contributed by atoms with van der Waals surface area (Å²) in [5, 5.41) is 4.67. The van der Waals surface area contributed by atoms with Crippen LogP contribution < -0.4 is 5.32 Å². The molecule has 0 radical (unpaired) electrons. The van der Waals surface area contributed by atoms with Crippen molar-refractivity contribution in [2.45, 2.75) is 17.9 Å². The minimum Gasteiger partial charge on any atom is -0.316 e. The lowest BCUT2D eigenvalue weighted by Crippen LogP contribution is -2.23. The van der Waals surface area contributed by atoms with Crippen molar-refractivity contribution < 1.29 is 0 Å². The van der Waals surface area contributed by atoms with Crippen LogP contribution in [0.15, 0.2) is 23.1 Å². The summed E-state index contributed by atoms with van der Waals surface area (Å²) in [6.07, 6.45) is 0. The molecule has 1 aromatic rings.